The van der Waals surface area contributed by atoms with E-state index in [-0.39, 0.29) is 38.6 Å². The first-order chi connectivity index (χ1) is 29.3. The lowest BCUT2D eigenvalue weighted by Gasteiger charge is -2.19. The zero-order valence-corrected chi connectivity index (χ0v) is 39.3. The number of rotatable bonds is 45. The SMILES string of the molecule is CC/C=C/C/C=C/C/C=C/C/C=C/C/C=C/CCCCCC(=O)O[C@H](COC(=O)CCCCCCCCCCCCCCCCCCCCCC)COP(=O)(O)OCCN. The number of unbranched alkanes of at least 4 members (excludes halogenated alkanes) is 22. The molecule has 0 fully saturated rings. The fourth-order valence-electron chi connectivity index (χ4n) is 6.60. The standard InChI is InChI=1S/C50H90NO8P/c1-3-5-7-9-11-13-15-17-19-21-23-25-26-28-30-32-34-36-38-40-42-49(52)56-46-48(47-58-60(54,55)57-45-44-51)59-50(53)43-41-39-37-35-33-31-29-27-24-22-20-18-16-14-12-10-8-6-4-2/h6,8,12,14,18,20,24,27,31,33,48H,3-5,7,9-11,13,15-17,19,21-23,25-26,28-30,32,34-47,51H2,1-2H3,(H,54,55)/b8-6+,14-12+,20-18+,27-24+,33-31+/t48-/m1/s1. The van der Waals surface area contributed by atoms with Crippen LogP contribution in [0.3, 0.4) is 0 Å². The third-order valence-electron chi connectivity index (χ3n) is 10.2. The van der Waals surface area contributed by atoms with Crippen LogP contribution in [0.4, 0.5) is 0 Å². The number of esters is 2. The van der Waals surface area contributed by atoms with Crippen LogP contribution in [0.5, 0.6) is 0 Å². The molecule has 9 nitrogen and oxygen atoms in total. The smallest absolute Gasteiger partial charge is 0.462 e. The minimum absolute atomic E-state index is 0.0462. The Kier molecular flexibility index (Phi) is 44.5. The van der Waals surface area contributed by atoms with Gasteiger partial charge in [0.25, 0.3) is 0 Å². The predicted octanol–water partition coefficient (Wildman–Crippen LogP) is 14.4. The number of hydrogen-bond acceptors (Lipinski definition) is 8. The van der Waals surface area contributed by atoms with Crippen molar-refractivity contribution in [3.63, 3.8) is 0 Å². The van der Waals surface area contributed by atoms with Crippen LogP contribution in [0, 0.1) is 0 Å². The highest BCUT2D eigenvalue weighted by Gasteiger charge is 2.26. The molecule has 0 saturated carbocycles. The van der Waals surface area contributed by atoms with E-state index in [0.717, 1.165) is 70.6 Å². The van der Waals surface area contributed by atoms with Crippen molar-refractivity contribution in [2.45, 2.75) is 219 Å². The Hall–Kier alpha value is -2.29. The van der Waals surface area contributed by atoms with Gasteiger partial charge in [0, 0.05) is 19.4 Å². The Balaban J connectivity index is 4.13. The Labute approximate surface area is 368 Å². The Morgan fingerprint density at radius 1 is 0.517 bits per heavy atom. The maximum Gasteiger partial charge on any atom is 0.472 e. The predicted molar refractivity (Wildman–Crippen MR) is 252 cm³/mol. The summed E-state index contributed by atoms with van der Waals surface area (Å²) in [6.45, 7) is 3.60. The van der Waals surface area contributed by atoms with E-state index in [1.165, 1.54) is 109 Å². The van der Waals surface area contributed by atoms with Crippen LogP contribution in [0.15, 0.2) is 60.8 Å². The van der Waals surface area contributed by atoms with E-state index < -0.39 is 26.5 Å². The monoisotopic (exact) mass is 864 g/mol. The van der Waals surface area contributed by atoms with E-state index >= 15 is 0 Å². The highest BCUT2D eigenvalue weighted by atomic mass is 31.2. The molecule has 0 aliphatic rings. The number of phosphoric acid groups is 1. The topological polar surface area (TPSA) is 134 Å². The van der Waals surface area contributed by atoms with Crippen molar-refractivity contribution in [2.24, 2.45) is 5.73 Å². The van der Waals surface area contributed by atoms with Crippen LogP contribution in [0.2, 0.25) is 0 Å². The van der Waals surface area contributed by atoms with E-state index in [1.54, 1.807) is 0 Å². The second-order valence-corrected chi connectivity index (χ2v) is 17.4. The first kappa shape index (κ1) is 57.7. The molecule has 0 aromatic heterocycles. The van der Waals surface area contributed by atoms with Gasteiger partial charge in [-0.05, 0) is 57.8 Å². The van der Waals surface area contributed by atoms with Gasteiger partial charge < -0.3 is 20.1 Å². The molecule has 348 valence electrons. The minimum atomic E-state index is -4.39. The number of carbonyl (C=O) groups excluding carboxylic acids is 2. The van der Waals surface area contributed by atoms with Crippen molar-refractivity contribution in [1.29, 1.82) is 0 Å². The van der Waals surface area contributed by atoms with Gasteiger partial charge in [0.1, 0.15) is 6.61 Å². The third-order valence-corrected chi connectivity index (χ3v) is 11.2. The average Bonchev–Trinajstić information content (AvgIpc) is 3.24. The molecule has 0 aromatic carbocycles. The number of hydrogen-bond donors (Lipinski definition) is 2. The summed E-state index contributed by atoms with van der Waals surface area (Å²) < 4.78 is 32.9. The molecule has 0 amide bonds. The number of allylic oxidation sites excluding steroid dienone is 10. The lowest BCUT2D eigenvalue weighted by atomic mass is 10.0. The highest BCUT2D eigenvalue weighted by Crippen LogP contribution is 2.43. The molecule has 0 saturated heterocycles. The van der Waals surface area contributed by atoms with E-state index in [4.69, 9.17) is 24.3 Å². The summed E-state index contributed by atoms with van der Waals surface area (Å²) in [7, 11) is -4.39. The molecule has 0 heterocycles. The average molecular weight is 864 g/mol. The summed E-state index contributed by atoms with van der Waals surface area (Å²) in [5.74, 6) is -0.862. The lowest BCUT2D eigenvalue weighted by molar-refractivity contribution is -0.161. The Bertz CT molecular complexity index is 1170. The molecule has 3 N–H and O–H groups in total. The summed E-state index contributed by atoms with van der Waals surface area (Å²) in [5.41, 5.74) is 5.36. The summed E-state index contributed by atoms with van der Waals surface area (Å²) in [6, 6.07) is 0. The number of phosphoric ester groups is 1. The molecule has 0 aliphatic heterocycles. The first-order valence-electron chi connectivity index (χ1n) is 24.3. The first-order valence-corrected chi connectivity index (χ1v) is 25.8. The summed E-state index contributed by atoms with van der Waals surface area (Å²) >= 11 is 0. The van der Waals surface area contributed by atoms with Crippen LogP contribution in [0.25, 0.3) is 0 Å². The molecule has 0 bridgehead atoms. The van der Waals surface area contributed by atoms with Crippen LogP contribution >= 0.6 is 7.82 Å². The highest BCUT2D eigenvalue weighted by molar-refractivity contribution is 7.47. The maximum absolute atomic E-state index is 12.6. The van der Waals surface area contributed by atoms with Crippen molar-refractivity contribution in [2.75, 3.05) is 26.4 Å². The van der Waals surface area contributed by atoms with Crippen LogP contribution in [-0.4, -0.2) is 49.3 Å². The van der Waals surface area contributed by atoms with E-state index in [9.17, 15) is 19.0 Å². The molecule has 1 unspecified atom stereocenters. The normalized spacial score (nSPS) is 13.7. The number of carbonyl (C=O) groups is 2. The molecule has 0 rings (SSSR count). The van der Waals surface area contributed by atoms with Crippen LogP contribution in [-0.2, 0) is 32.7 Å². The quantitative estimate of drug-likeness (QED) is 0.0265. The van der Waals surface area contributed by atoms with Crippen LogP contribution < -0.4 is 5.73 Å². The zero-order chi connectivity index (χ0) is 43.9. The number of ether oxygens (including phenoxy) is 2. The van der Waals surface area contributed by atoms with Crippen molar-refractivity contribution in [1.82, 2.24) is 0 Å². The summed E-state index contributed by atoms with van der Waals surface area (Å²) in [6.07, 6.45) is 55.4. The van der Waals surface area contributed by atoms with E-state index in [2.05, 4.69) is 74.6 Å². The van der Waals surface area contributed by atoms with Crippen molar-refractivity contribution in [3.05, 3.63) is 60.8 Å². The van der Waals surface area contributed by atoms with Gasteiger partial charge in [-0.1, -0.05) is 203 Å². The van der Waals surface area contributed by atoms with Crippen molar-refractivity contribution >= 4 is 19.8 Å². The van der Waals surface area contributed by atoms with E-state index in [0.29, 0.717) is 6.42 Å². The van der Waals surface area contributed by atoms with Gasteiger partial charge in [0.05, 0.1) is 13.2 Å². The molecular formula is C50H90NO8P. The molecule has 2 atom stereocenters. The second kappa shape index (κ2) is 46.2. The second-order valence-electron chi connectivity index (χ2n) is 16.0. The van der Waals surface area contributed by atoms with Gasteiger partial charge in [-0.15, -0.1) is 0 Å². The van der Waals surface area contributed by atoms with Crippen LogP contribution in [0.1, 0.15) is 213 Å². The molecule has 0 aromatic rings. The largest absolute Gasteiger partial charge is 0.472 e. The minimum Gasteiger partial charge on any atom is -0.462 e. The van der Waals surface area contributed by atoms with Crippen molar-refractivity contribution in [3.8, 4) is 0 Å². The molecule has 0 aliphatic carbocycles. The van der Waals surface area contributed by atoms with Gasteiger partial charge in [-0.3, -0.25) is 18.6 Å². The third kappa shape index (κ3) is 45.2. The van der Waals surface area contributed by atoms with E-state index in [1.807, 2.05) is 0 Å². The maximum atomic E-state index is 12.6. The molecular weight excluding hydrogens is 774 g/mol. The van der Waals surface area contributed by atoms with Gasteiger partial charge in [-0.25, -0.2) is 4.57 Å². The fourth-order valence-corrected chi connectivity index (χ4v) is 7.37. The molecule has 60 heavy (non-hydrogen) atoms. The fraction of sp³-hybridized carbons (Fsp3) is 0.760. The number of nitrogens with two attached hydrogens (primary N) is 1. The lowest BCUT2D eigenvalue weighted by Crippen LogP contribution is -2.29. The van der Waals surface area contributed by atoms with Gasteiger partial charge >= 0.3 is 19.8 Å². The molecule has 0 spiro atoms. The van der Waals surface area contributed by atoms with Gasteiger partial charge in [0.2, 0.25) is 0 Å². The molecule has 0 radical (unpaired) electrons. The van der Waals surface area contributed by atoms with Gasteiger partial charge in [-0.2, -0.15) is 0 Å². The Morgan fingerprint density at radius 3 is 1.37 bits per heavy atom. The van der Waals surface area contributed by atoms with Gasteiger partial charge in [0.15, 0.2) is 6.10 Å². The Morgan fingerprint density at radius 2 is 0.917 bits per heavy atom. The summed E-state index contributed by atoms with van der Waals surface area (Å²) in [4.78, 5) is 35.0. The van der Waals surface area contributed by atoms with Crippen molar-refractivity contribution < 1.29 is 37.6 Å². The summed E-state index contributed by atoms with van der Waals surface area (Å²) in [5, 5.41) is 0. The zero-order valence-electron chi connectivity index (χ0n) is 38.4. The molecule has 10 heteroatoms.